The third-order valence-electron chi connectivity index (χ3n) is 2.55. The lowest BCUT2D eigenvalue weighted by Gasteiger charge is -2.29. The normalized spacial score (nSPS) is 12.8. The molecule has 0 fully saturated rings. The van der Waals surface area contributed by atoms with E-state index >= 15 is 0 Å². The Balaban J connectivity index is 4.75. The van der Waals surface area contributed by atoms with Crippen molar-refractivity contribution in [3.05, 3.63) is 0 Å². The first-order valence-corrected chi connectivity index (χ1v) is 5.79. The molecule has 0 aliphatic carbocycles. The Morgan fingerprint density at radius 3 is 2.00 bits per heavy atom. The Hall–Kier alpha value is -1.06. The van der Waals surface area contributed by atoms with Crippen LogP contribution in [0.2, 0.25) is 0 Å². The van der Waals surface area contributed by atoms with Gasteiger partial charge in [0.05, 0.1) is 0 Å². The first kappa shape index (κ1) is 14.9. The van der Waals surface area contributed by atoms with Gasteiger partial charge in [-0.2, -0.15) is 0 Å². The van der Waals surface area contributed by atoms with Crippen molar-refractivity contribution in [2.45, 2.75) is 40.2 Å². The zero-order valence-corrected chi connectivity index (χ0v) is 11.2. The van der Waals surface area contributed by atoms with Crippen molar-refractivity contribution in [3.63, 3.8) is 0 Å². The second kappa shape index (κ2) is 6.51. The van der Waals surface area contributed by atoms with Gasteiger partial charge < -0.3 is 10.2 Å². The lowest BCUT2D eigenvalue weighted by Crippen LogP contribution is -2.48. The lowest BCUT2D eigenvalue weighted by molar-refractivity contribution is -0.141. The van der Waals surface area contributed by atoms with Gasteiger partial charge in [0, 0.05) is 20.0 Å². The fourth-order valence-corrected chi connectivity index (χ4v) is 1.62. The van der Waals surface area contributed by atoms with E-state index in [-0.39, 0.29) is 23.8 Å². The van der Waals surface area contributed by atoms with Crippen molar-refractivity contribution in [1.82, 2.24) is 10.2 Å². The van der Waals surface area contributed by atoms with Crippen LogP contribution in [0.15, 0.2) is 0 Å². The highest BCUT2D eigenvalue weighted by Gasteiger charge is 2.27. The van der Waals surface area contributed by atoms with E-state index in [1.165, 1.54) is 0 Å². The summed E-state index contributed by atoms with van der Waals surface area (Å²) >= 11 is 0. The van der Waals surface area contributed by atoms with E-state index in [1.54, 1.807) is 19.0 Å². The quantitative estimate of drug-likeness (QED) is 0.770. The molecule has 0 aromatic carbocycles. The minimum atomic E-state index is -0.361. The van der Waals surface area contributed by atoms with Gasteiger partial charge in [-0.15, -0.1) is 0 Å². The van der Waals surface area contributed by atoms with Crippen LogP contribution in [0.5, 0.6) is 0 Å². The summed E-state index contributed by atoms with van der Waals surface area (Å²) in [7, 11) is 3.30. The molecule has 0 bridgehead atoms. The zero-order valence-electron chi connectivity index (χ0n) is 11.2. The molecule has 0 radical (unpaired) electrons. The Morgan fingerprint density at radius 2 is 1.69 bits per heavy atom. The number of nitrogens with one attached hydrogen (secondary N) is 1. The van der Waals surface area contributed by atoms with E-state index in [1.807, 2.05) is 27.7 Å². The van der Waals surface area contributed by atoms with E-state index in [0.717, 1.165) is 0 Å². The van der Waals surface area contributed by atoms with Crippen molar-refractivity contribution in [2.75, 3.05) is 14.1 Å². The summed E-state index contributed by atoms with van der Waals surface area (Å²) < 4.78 is 0. The largest absolute Gasteiger partial charge is 0.357 e. The number of carbonyl (C=O) groups excluding carboxylic acids is 2. The van der Waals surface area contributed by atoms with Crippen LogP contribution in [0.4, 0.5) is 0 Å². The molecular weight excluding hydrogens is 204 g/mol. The number of hydrogen-bond donors (Lipinski definition) is 1. The fraction of sp³-hybridized carbons (Fsp3) is 0.833. The van der Waals surface area contributed by atoms with E-state index in [9.17, 15) is 9.59 Å². The average Bonchev–Trinajstić information content (AvgIpc) is 2.22. The van der Waals surface area contributed by atoms with Gasteiger partial charge in [-0.25, -0.2) is 0 Å². The van der Waals surface area contributed by atoms with E-state index in [2.05, 4.69) is 5.32 Å². The highest BCUT2D eigenvalue weighted by atomic mass is 16.2. The van der Waals surface area contributed by atoms with Gasteiger partial charge in [-0.1, -0.05) is 27.7 Å². The second-order valence-electron chi connectivity index (χ2n) is 4.86. The summed E-state index contributed by atoms with van der Waals surface area (Å²) in [5.41, 5.74) is 0. The van der Waals surface area contributed by atoms with Gasteiger partial charge in [-0.3, -0.25) is 9.59 Å². The molecule has 0 rings (SSSR count). The van der Waals surface area contributed by atoms with E-state index < -0.39 is 0 Å². The molecule has 0 aromatic rings. The molecular formula is C12H24N2O2. The Morgan fingerprint density at radius 1 is 1.19 bits per heavy atom. The van der Waals surface area contributed by atoms with Crippen molar-refractivity contribution >= 4 is 11.8 Å². The highest BCUT2D eigenvalue weighted by molar-refractivity contribution is 5.87. The van der Waals surface area contributed by atoms with Crippen LogP contribution < -0.4 is 5.32 Å². The fourth-order valence-electron chi connectivity index (χ4n) is 1.62. The Bertz CT molecular complexity index is 249. The van der Waals surface area contributed by atoms with Crippen molar-refractivity contribution < 1.29 is 9.59 Å². The molecule has 4 nitrogen and oxygen atoms in total. The number of amides is 2. The van der Waals surface area contributed by atoms with Gasteiger partial charge >= 0.3 is 0 Å². The van der Waals surface area contributed by atoms with Crippen LogP contribution in [0, 0.1) is 11.8 Å². The summed E-state index contributed by atoms with van der Waals surface area (Å²) in [6.07, 6.45) is 0.689. The molecule has 0 aromatic heterocycles. The van der Waals surface area contributed by atoms with Crippen molar-refractivity contribution in [1.29, 1.82) is 0 Å². The highest BCUT2D eigenvalue weighted by Crippen LogP contribution is 2.13. The number of likely N-dealkylation sites (N-methyl/N-ethyl adjacent to an activating group) is 2. The van der Waals surface area contributed by atoms with Gasteiger partial charge in [0.2, 0.25) is 11.8 Å². The third kappa shape index (κ3) is 4.21. The van der Waals surface area contributed by atoms with E-state index in [0.29, 0.717) is 12.3 Å². The monoisotopic (exact) mass is 228 g/mol. The predicted molar refractivity (Wildman–Crippen MR) is 64.9 cm³/mol. The number of hydrogen-bond acceptors (Lipinski definition) is 2. The molecule has 16 heavy (non-hydrogen) atoms. The molecule has 1 unspecified atom stereocenters. The van der Waals surface area contributed by atoms with Gasteiger partial charge in [0.1, 0.15) is 6.04 Å². The molecule has 0 saturated heterocycles. The molecule has 0 heterocycles. The zero-order chi connectivity index (χ0) is 12.9. The van der Waals surface area contributed by atoms with Crippen LogP contribution in [0.25, 0.3) is 0 Å². The molecule has 0 aliphatic rings. The molecule has 2 amide bonds. The summed E-state index contributed by atoms with van der Waals surface area (Å²) in [5, 5.41) is 2.61. The minimum Gasteiger partial charge on any atom is -0.357 e. The van der Waals surface area contributed by atoms with Crippen LogP contribution in [0.3, 0.4) is 0 Å². The van der Waals surface area contributed by atoms with E-state index in [4.69, 9.17) is 0 Å². The van der Waals surface area contributed by atoms with Crippen molar-refractivity contribution in [3.8, 4) is 0 Å². The maximum atomic E-state index is 11.8. The lowest BCUT2D eigenvalue weighted by atomic mass is 10.0. The minimum absolute atomic E-state index is 0.00856. The van der Waals surface area contributed by atoms with Crippen LogP contribution in [0.1, 0.15) is 34.1 Å². The molecule has 0 spiro atoms. The average molecular weight is 228 g/mol. The SMILES string of the molecule is CNC(=O)C(CC(C)C)N(C)C(=O)C(C)C. The molecule has 1 N–H and O–H groups in total. The number of rotatable bonds is 5. The summed E-state index contributed by atoms with van der Waals surface area (Å²) in [4.78, 5) is 25.1. The smallest absolute Gasteiger partial charge is 0.242 e. The maximum Gasteiger partial charge on any atom is 0.242 e. The third-order valence-corrected chi connectivity index (χ3v) is 2.55. The number of carbonyl (C=O) groups is 2. The van der Waals surface area contributed by atoms with Crippen LogP contribution >= 0.6 is 0 Å². The van der Waals surface area contributed by atoms with Gasteiger partial charge in [-0.05, 0) is 12.3 Å². The standard InChI is InChI=1S/C12H24N2O2/c1-8(2)7-10(11(15)13-5)14(6)12(16)9(3)4/h8-10H,7H2,1-6H3,(H,13,15). The topological polar surface area (TPSA) is 49.4 Å². The predicted octanol–water partition coefficient (Wildman–Crippen LogP) is 1.26. The van der Waals surface area contributed by atoms with Crippen LogP contribution in [-0.4, -0.2) is 36.9 Å². The first-order chi connectivity index (χ1) is 7.31. The van der Waals surface area contributed by atoms with Crippen LogP contribution in [-0.2, 0) is 9.59 Å². The molecule has 94 valence electrons. The maximum absolute atomic E-state index is 11.8. The van der Waals surface area contributed by atoms with Gasteiger partial charge in [0.15, 0.2) is 0 Å². The second-order valence-corrected chi connectivity index (χ2v) is 4.86. The molecule has 4 heteroatoms. The first-order valence-electron chi connectivity index (χ1n) is 5.79. The number of nitrogens with zero attached hydrogens (tertiary/aromatic N) is 1. The Labute approximate surface area is 98.4 Å². The van der Waals surface area contributed by atoms with Crippen molar-refractivity contribution in [2.24, 2.45) is 11.8 Å². The summed E-state index contributed by atoms with van der Waals surface area (Å²) in [6, 6.07) is -0.361. The molecule has 0 saturated carbocycles. The summed E-state index contributed by atoms with van der Waals surface area (Å²) in [5.74, 6) is 0.216. The Kier molecular flexibility index (Phi) is 6.08. The summed E-state index contributed by atoms with van der Waals surface area (Å²) in [6.45, 7) is 7.78. The van der Waals surface area contributed by atoms with Gasteiger partial charge in [0.25, 0.3) is 0 Å². The molecule has 1 atom stereocenters. The molecule has 0 aliphatic heterocycles.